The molecule has 2 amide bonds. The summed E-state index contributed by atoms with van der Waals surface area (Å²) in [5.41, 5.74) is 3.80. The van der Waals surface area contributed by atoms with E-state index in [0.717, 1.165) is 16.3 Å². The number of hydrogen-bond acceptors (Lipinski definition) is 3. The van der Waals surface area contributed by atoms with E-state index in [0.29, 0.717) is 10.6 Å². The summed E-state index contributed by atoms with van der Waals surface area (Å²) in [6.45, 7) is 1.75. The average Bonchev–Trinajstić information content (AvgIpc) is 2.70. The number of rotatable bonds is 4. The maximum absolute atomic E-state index is 12.6. The summed E-state index contributed by atoms with van der Waals surface area (Å²) in [4.78, 5) is 24.9. The van der Waals surface area contributed by atoms with Gasteiger partial charge in [-0.3, -0.25) is 15.0 Å². The van der Waals surface area contributed by atoms with Crippen LogP contribution >= 0.6 is 11.6 Å². The Bertz CT molecular complexity index is 1060. The minimum Gasteiger partial charge on any atom is -0.317 e. The molecule has 6 heteroatoms. The summed E-state index contributed by atoms with van der Waals surface area (Å²) in [5.74, 6) is 4.23. The molecule has 0 atom stereocenters. The molecule has 0 spiro atoms. The first-order chi connectivity index (χ1) is 13.0. The second-order valence-corrected chi connectivity index (χ2v) is 6.38. The number of nitrogens with one attached hydrogen (secondary N) is 2. The van der Waals surface area contributed by atoms with Crippen LogP contribution in [0.3, 0.4) is 0 Å². The summed E-state index contributed by atoms with van der Waals surface area (Å²) in [6, 6.07) is 20.3. The van der Waals surface area contributed by atoms with E-state index in [1.165, 1.54) is 0 Å². The number of amides is 2. The first-order valence-electron chi connectivity index (χ1n) is 8.28. The first kappa shape index (κ1) is 18.6. The fourth-order valence-electron chi connectivity index (χ4n) is 2.79. The molecule has 4 N–H and O–H groups in total. The van der Waals surface area contributed by atoms with Crippen LogP contribution in [-0.4, -0.2) is 11.8 Å². The number of benzene rings is 3. The third-order valence-electron chi connectivity index (χ3n) is 4.27. The number of nitrogens with two attached hydrogens (primary N) is 1. The zero-order valence-corrected chi connectivity index (χ0v) is 15.4. The predicted octanol–water partition coefficient (Wildman–Crippen LogP) is 3.64. The van der Waals surface area contributed by atoms with E-state index in [1.807, 2.05) is 42.5 Å². The Balaban J connectivity index is 2.03. The van der Waals surface area contributed by atoms with Gasteiger partial charge in [-0.2, -0.15) is 0 Å². The molecular weight excluding hydrogens is 362 g/mol. The van der Waals surface area contributed by atoms with Crippen molar-refractivity contribution in [2.75, 3.05) is 0 Å². The van der Waals surface area contributed by atoms with Crippen LogP contribution in [0.25, 0.3) is 16.3 Å². The van der Waals surface area contributed by atoms with Gasteiger partial charge in [0.05, 0.1) is 10.6 Å². The lowest BCUT2D eigenvalue weighted by molar-refractivity contribution is -0.117. The number of fused-ring (bicyclic) bond motifs is 1. The molecule has 0 heterocycles. The fourth-order valence-corrected chi connectivity index (χ4v) is 3.01. The van der Waals surface area contributed by atoms with Crippen molar-refractivity contribution in [2.45, 2.75) is 6.92 Å². The van der Waals surface area contributed by atoms with Crippen LogP contribution in [-0.2, 0) is 4.79 Å². The number of carbonyl (C=O) groups excluding carboxylic acids is 2. The van der Waals surface area contributed by atoms with Gasteiger partial charge in [-0.1, -0.05) is 60.1 Å². The minimum atomic E-state index is -0.596. The number of hydrazine groups is 1. The van der Waals surface area contributed by atoms with Gasteiger partial charge in [0.25, 0.3) is 11.8 Å². The van der Waals surface area contributed by atoms with Gasteiger partial charge in [0.2, 0.25) is 0 Å². The maximum atomic E-state index is 12.6. The summed E-state index contributed by atoms with van der Waals surface area (Å²) in [7, 11) is 0. The molecule has 0 saturated heterocycles. The zero-order chi connectivity index (χ0) is 19.4. The summed E-state index contributed by atoms with van der Waals surface area (Å²) < 4.78 is 0. The Hall–Kier alpha value is -3.15. The first-order valence-corrected chi connectivity index (χ1v) is 8.66. The van der Waals surface area contributed by atoms with Crippen molar-refractivity contribution in [1.82, 2.24) is 10.7 Å². The van der Waals surface area contributed by atoms with Crippen LogP contribution in [0, 0.1) is 0 Å². The van der Waals surface area contributed by atoms with Gasteiger partial charge in [-0.05, 0) is 47.0 Å². The molecule has 0 bridgehead atoms. The van der Waals surface area contributed by atoms with Crippen LogP contribution in [0.4, 0.5) is 0 Å². The molecule has 0 unspecified atom stereocenters. The van der Waals surface area contributed by atoms with E-state index in [-0.39, 0.29) is 11.3 Å². The smallest absolute Gasteiger partial charge is 0.281 e. The third kappa shape index (κ3) is 4.00. The molecule has 3 aromatic carbocycles. The van der Waals surface area contributed by atoms with Crippen LogP contribution in [0.2, 0.25) is 5.02 Å². The topological polar surface area (TPSA) is 84.2 Å². The van der Waals surface area contributed by atoms with Crippen molar-refractivity contribution in [2.24, 2.45) is 5.84 Å². The fraction of sp³-hybridized carbons (Fsp3) is 0.0476. The summed E-state index contributed by atoms with van der Waals surface area (Å²) >= 11 is 6.08. The SMILES string of the molecule is C/C(=C(/NC(=O)c1ccccc1Cl)C(=O)NN)c1ccc2ccccc2c1. The second-order valence-electron chi connectivity index (χ2n) is 5.97. The molecule has 3 aromatic rings. The molecule has 0 aliphatic heterocycles. The quantitative estimate of drug-likeness (QED) is 0.280. The number of carbonyl (C=O) groups is 2. The average molecular weight is 380 g/mol. The lowest BCUT2D eigenvalue weighted by atomic mass is 10.0. The minimum absolute atomic E-state index is 0.0673. The second kappa shape index (κ2) is 8.03. The molecule has 0 radical (unpaired) electrons. The van der Waals surface area contributed by atoms with Gasteiger partial charge in [-0.15, -0.1) is 0 Å². The highest BCUT2D eigenvalue weighted by Crippen LogP contribution is 2.23. The van der Waals surface area contributed by atoms with Crippen LogP contribution < -0.4 is 16.6 Å². The number of halogens is 1. The van der Waals surface area contributed by atoms with E-state index >= 15 is 0 Å². The van der Waals surface area contributed by atoms with Crippen molar-refractivity contribution < 1.29 is 9.59 Å². The van der Waals surface area contributed by atoms with Gasteiger partial charge in [-0.25, -0.2) is 5.84 Å². The Kier molecular flexibility index (Phi) is 5.54. The standard InChI is InChI=1S/C21H18ClN3O2/c1-13(15-11-10-14-6-2-3-7-16(14)12-15)19(21(27)25-23)24-20(26)17-8-4-5-9-18(17)22/h2-12H,23H2,1H3,(H,24,26)(H,25,27)/b19-13-. The Morgan fingerprint density at radius 2 is 1.59 bits per heavy atom. The van der Waals surface area contributed by atoms with E-state index < -0.39 is 11.8 Å². The molecule has 0 saturated carbocycles. The highest BCUT2D eigenvalue weighted by molar-refractivity contribution is 6.34. The van der Waals surface area contributed by atoms with E-state index in [2.05, 4.69) is 10.7 Å². The monoisotopic (exact) mass is 379 g/mol. The van der Waals surface area contributed by atoms with Crippen molar-refractivity contribution in [3.8, 4) is 0 Å². The molecule has 0 aromatic heterocycles. The van der Waals surface area contributed by atoms with E-state index in [9.17, 15) is 9.59 Å². The van der Waals surface area contributed by atoms with Gasteiger partial charge < -0.3 is 5.32 Å². The molecule has 136 valence electrons. The molecule has 0 aliphatic carbocycles. The van der Waals surface area contributed by atoms with E-state index in [4.69, 9.17) is 17.4 Å². The largest absolute Gasteiger partial charge is 0.317 e. The molecule has 3 rings (SSSR count). The van der Waals surface area contributed by atoms with Gasteiger partial charge in [0, 0.05) is 0 Å². The lowest BCUT2D eigenvalue weighted by Crippen LogP contribution is -2.39. The van der Waals surface area contributed by atoms with Crippen LogP contribution in [0.1, 0.15) is 22.8 Å². The third-order valence-corrected chi connectivity index (χ3v) is 4.60. The van der Waals surface area contributed by atoms with Crippen molar-refractivity contribution in [3.63, 3.8) is 0 Å². The van der Waals surface area contributed by atoms with Crippen LogP contribution in [0.15, 0.2) is 72.4 Å². The van der Waals surface area contributed by atoms with Crippen LogP contribution in [0.5, 0.6) is 0 Å². The summed E-state index contributed by atoms with van der Waals surface area (Å²) in [5, 5.41) is 5.04. The predicted molar refractivity (Wildman–Crippen MR) is 108 cm³/mol. The highest BCUT2D eigenvalue weighted by atomic mass is 35.5. The number of allylic oxidation sites excluding steroid dienone is 1. The molecular formula is C21H18ClN3O2. The maximum Gasteiger partial charge on any atom is 0.281 e. The molecule has 5 nitrogen and oxygen atoms in total. The van der Waals surface area contributed by atoms with Crippen molar-refractivity contribution in [1.29, 1.82) is 0 Å². The Labute approximate surface area is 161 Å². The lowest BCUT2D eigenvalue weighted by Gasteiger charge is -2.14. The highest BCUT2D eigenvalue weighted by Gasteiger charge is 2.18. The Morgan fingerprint density at radius 1 is 0.926 bits per heavy atom. The van der Waals surface area contributed by atoms with E-state index in [1.54, 1.807) is 31.2 Å². The number of hydrogen-bond donors (Lipinski definition) is 3. The normalized spacial score (nSPS) is 11.7. The van der Waals surface area contributed by atoms with Gasteiger partial charge in [0.15, 0.2) is 0 Å². The van der Waals surface area contributed by atoms with Crippen molar-refractivity contribution >= 4 is 39.8 Å². The van der Waals surface area contributed by atoms with Gasteiger partial charge >= 0.3 is 0 Å². The molecule has 27 heavy (non-hydrogen) atoms. The molecule has 0 fully saturated rings. The summed E-state index contributed by atoms with van der Waals surface area (Å²) in [6.07, 6.45) is 0. The Morgan fingerprint density at radius 3 is 2.30 bits per heavy atom. The van der Waals surface area contributed by atoms with Crippen molar-refractivity contribution in [3.05, 3.63) is 88.6 Å². The zero-order valence-electron chi connectivity index (χ0n) is 14.6. The van der Waals surface area contributed by atoms with Gasteiger partial charge in [0.1, 0.15) is 5.70 Å². The molecule has 0 aliphatic rings.